The number of rotatable bonds is 4. The van der Waals surface area contributed by atoms with Gasteiger partial charge >= 0.3 is 0 Å². The molecule has 0 saturated carbocycles. The summed E-state index contributed by atoms with van der Waals surface area (Å²) in [7, 11) is 1.72. The number of fused-ring (bicyclic) bond motifs is 1. The highest BCUT2D eigenvalue weighted by Crippen LogP contribution is 2.31. The number of methoxy groups -OCH3 is 1. The fourth-order valence-electron chi connectivity index (χ4n) is 4.19. The summed E-state index contributed by atoms with van der Waals surface area (Å²) in [6.07, 6.45) is 2.65. The molecule has 3 aromatic rings. The summed E-state index contributed by atoms with van der Waals surface area (Å²) in [5.74, 6) is 0.921. The van der Waals surface area contributed by atoms with Gasteiger partial charge in [-0.05, 0) is 37.3 Å². The van der Waals surface area contributed by atoms with Gasteiger partial charge in [-0.3, -0.25) is 0 Å². The molecule has 0 aliphatic carbocycles. The second-order valence-electron chi connectivity index (χ2n) is 6.78. The van der Waals surface area contributed by atoms with Crippen LogP contribution in [0.4, 0.5) is 0 Å². The standard InChI is InChI=1S/C21H24N2O/c1-15-20(18-7-3-4-8-19(18)22-15)21(23-13-5-6-14-23)16-9-11-17(24-2)12-10-16/h3-4,7-12,21-22H,5-6,13-14H2,1-2H3/p+1/t21-/m1/s1. The molecule has 1 aromatic heterocycles. The number of hydrogen-bond acceptors (Lipinski definition) is 1. The number of nitrogens with one attached hydrogen (secondary N) is 2. The van der Waals surface area contributed by atoms with E-state index in [0.29, 0.717) is 6.04 Å². The third-order valence-electron chi connectivity index (χ3n) is 5.34. The summed E-state index contributed by atoms with van der Waals surface area (Å²) in [6.45, 7) is 4.70. The summed E-state index contributed by atoms with van der Waals surface area (Å²) in [5, 5.41) is 1.36. The molecular weight excluding hydrogens is 296 g/mol. The number of likely N-dealkylation sites (tertiary alicyclic amines) is 1. The van der Waals surface area contributed by atoms with E-state index in [0.717, 1.165) is 5.75 Å². The van der Waals surface area contributed by atoms with Gasteiger partial charge in [0, 0.05) is 40.6 Å². The van der Waals surface area contributed by atoms with E-state index >= 15 is 0 Å². The van der Waals surface area contributed by atoms with Gasteiger partial charge in [0.05, 0.1) is 20.2 Å². The van der Waals surface area contributed by atoms with Gasteiger partial charge in [-0.2, -0.15) is 0 Å². The number of ether oxygens (including phenoxy) is 1. The molecule has 4 rings (SSSR count). The van der Waals surface area contributed by atoms with E-state index in [1.54, 1.807) is 12.0 Å². The molecule has 1 saturated heterocycles. The fraction of sp³-hybridized carbons (Fsp3) is 0.333. The Kier molecular flexibility index (Phi) is 4.03. The molecule has 0 unspecified atom stereocenters. The molecule has 0 radical (unpaired) electrons. The van der Waals surface area contributed by atoms with E-state index in [2.05, 4.69) is 60.4 Å². The van der Waals surface area contributed by atoms with Crippen LogP contribution in [0.5, 0.6) is 5.75 Å². The molecule has 2 heterocycles. The largest absolute Gasteiger partial charge is 0.497 e. The lowest BCUT2D eigenvalue weighted by molar-refractivity contribution is -0.913. The molecule has 0 amide bonds. The van der Waals surface area contributed by atoms with Gasteiger partial charge in [-0.1, -0.05) is 18.2 Å². The van der Waals surface area contributed by atoms with Gasteiger partial charge in [-0.25, -0.2) is 0 Å². The van der Waals surface area contributed by atoms with E-state index in [-0.39, 0.29) is 0 Å². The predicted molar refractivity (Wildman–Crippen MR) is 97.8 cm³/mol. The second kappa shape index (κ2) is 6.33. The van der Waals surface area contributed by atoms with E-state index in [4.69, 9.17) is 4.74 Å². The van der Waals surface area contributed by atoms with Gasteiger partial charge in [0.25, 0.3) is 0 Å². The summed E-state index contributed by atoms with van der Waals surface area (Å²) < 4.78 is 5.35. The zero-order valence-electron chi connectivity index (χ0n) is 14.4. The van der Waals surface area contributed by atoms with Gasteiger partial charge < -0.3 is 14.6 Å². The highest BCUT2D eigenvalue weighted by atomic mass is 16.5. The van der Waals surface area contributed by atoms with Crippen molar-refractivity contribution in [1.29, 1.82) is 0 Å². The summed E-state index contributed by atoms with van der Waals surface area (Å²) in [4.78, 5) is 5.26. The third kappa shape index (κ3) is 2.59. The van der Waals surface area contributed by atoms with E-state index in [1.165, 1.54) is 53.7 Å². The first kappa shape index (κ1) is 15.3. The van der Waals surface area contributed by atoms with Crippen LogP contribution in [0, 0.1) is 6.92 Å². The highest BCUT2D eigenvalue weighted by molar-refractivity contribution is 5.85. The van der Waals surface area contributed by atoms with Gasteiger partial charge in [0.1, 0.15) is 11.8 Å². The van der Waals surface area contributed by atoms with E-state index in [9.17, 15) is 0 Å². The van der Waals surface area contributed by atoms with Crippen molar-refractivity contribution in [2.75, 3.05) is 20.2 Å². The molecule has 124 valence electrons. The highest BCUT2D eigenvalue weighted by Gasteiger charge is 2.32. The molecule has 0 bridgehead atoms. The van der Waals surface area contributed by atoms with Crippen LogP contribution >= 0.6 is 0 Å². The molecule has 1 aliphatic heterocycles. The number of quaternary nitrogens is 1. The van der Waals surface area contributed by atoms with Crippen molar-refractivity contribution in [2.45, 2.75) is 25.8 Å². The normalized spacial score (nSPS) is 16.6. The molecule has 1 fully saturated rings. The number of H-pyrrole nitrogens is 1. The molecule has 3 heteroatoms. The topological polar surface area (TPSA) is 29.5 Å². The molecule has 2 aromatic carbocycles. The van der Waals surface area contributed by atoms with Gasteiger partial charge in [0.15, 0.2) is 0 Å². The zero-order chi connectivity index (χ0) is 16.5. The minimum atomic E-state index is 0.384. The summed E-state index contributed by atoms with van der Waals surface area (Å²) in [5.41, 5.74) is 5.35. The number of hydrogen-bond donors (Lipinski definition) is 2. The molecule has 1 atom stereocenters. The Morgan fingerprint density at radius 1 is 1.00 bits per heavy atom. The maximum atomic E-state index is 5.35. The van der Waals surface area contributed by atoms with E-state index < -0.39 is 0 Å². The van der Waals surface area contributed by atoms with Crippen LogP contribution in [-0.2, 0) is 0 Å². The zero-order valence-corrected chi connectivity index (χ0v) is 14.4. The van der Waals surface area contributed by atoms with Gasteiger partial charge in [0.2, 0.25) is 0 Å². The Balaban J connectivity index is 1.86. The van der Waals surface area contributed by atoms with Crippen LogP contribution in [0.25, 0.3) is 10.9 Å². The first-order chi connectivity index (χ1) is 11.8. The van der Waals surface area contributed by atoms with Crippen molar-refractivity contribution in [3.05, 3.63) is 65.4 Å². The minimum absolute atomic E-state index is 0.384. The number of para-hydroxylation sites is 1. The lowest BCUT2D eigenvalue weighted by Gasteiger charge is -2.26. The molecule has 3 nitrogen and oxygen atoms in total. The quantitative estimate of drug-likeness (QED) is 0.759. The Labute approximate surface area is 143 Å². The van der Waals surface area contributed by atoms with Crippen LogP contribution in [0.2, 0.25) is 0 Å². The third-order valence-corrected chi connectivity index (χ3v) is 5.34. The Bertz CT molecular complexity index is 829. The monoisotopic (exact) mass is 321 g/mol. The molecule has 24 heavy (non-hydrogen) atoms. The molecule has 2 N–H and O–H groups in total. The average molecular weight is 321 g/mol. The van der Waals surface area contributed by atoms with Crippen LogP contribution in [0.1, 0.15) is 35.7 Å². The molecule has 1 aliphatic rings. The van der Waals surface area contributed by atoms with Crippen LogP contribution in [0.3, 0.4) is 0 Å². The number of aromatic amines is 1. The van der Waals surface area contributed by atoms with Crippen molar-refractivity contribution in [3.63, 3.8) is 0 Å². The average Bonchev–Trinajstić information content (AvgIpc) is 3.25. The van der Waals surface area contributed by atoms with Crippen molar-refractivity contribution in [2.24, 2.45) is 0 Å². The van der Waals surface area contributed by atoms with Gasteiger partial charge in [-0.15, -0.1) is 0 Å². The maximum absolute atomic E-state index is 5.35. The SMILES string of the molecule is COc1ccc([C@H](c2c(C)[nH]c3ccccc23)[NH+]2CCCC2)cc1. The maximum Gasteiger partial charge on any atom is 0.141 e. The number of aromatic nitrogens is 1. The smallest absolute Gasteiger partial charge is 0.141 e. The Morgan fingerprint density at radius 3 is 2.42 bits per heavy atom. The minimum Gasteiger partial charge on any atom is -0.497 e. The summed E-state index contributed by atoms with van der Waals surface area (Å²) >= 11 is 0. The first-order valence-corrected chi connectivity index (χ1v) is 8.83. The van der Waals surface area contributed by atoms with Crippen molar-refractivity contribution in [1.82, 2.24) is 4.98 Å². The first-order valence-electron chi connectivity index (χ1n) is 8.83. The van der Waals surface area contributed by atoms with Crippen LogP contribution in [0.15, 0.2) is 48.5 Å². The number of aryl methyl sites for hydroxylation is 1. The van der Waals surface area contributed by atoms with E-state index in [1.807, 2.05) is 0 Å². The molecular formula is C21H25N2O+. The van der Waals surface area contributed by atoms with Crippen LogP contribution in [-0.4, -0.2) is 25.2 Å². The van der Waals surface area contributed by atoms with Crippen LogP contribution < -0.4 is 9.64 Å². The predicted octanol–water partition coefficient (Wildman–Crippen LogP) is 3.25. The Hall–Kier alpha value is -2.26. The fourth-order valence-corrected chi connectivity index (χ4v) is 4.19. The lowest BCUT2D eigenvalue weighted by atomic mass is 9.94. The molecule has 0 spiro atoms. The summed E-state index contributed by atoms with van der Waals surface area (Å²) in [6, 6.07) is 17.7. The van der Waals surface area contributed by atoms with Crippen molar-refractivity contribution in [3.8, 4) is 5.75 Å². The second-order valence-corrected chi connectivity index (χ2v) is 6.78. The Morgan fingerprint density at radius 2 is 1.71 bits per heavy atom. The lowest BCUT2D eigenvalue weighted by Crippen LogP contribution is -3.10. The van der Waals surface area contributed by atoms with Crippen molar-refractivity contribution >= 4 is 10.9 Å². The number of benzene rings is 2. The van der Waals surface area contributed by atoms with Crippen molar-refractivity contribution < 1.29 is 9.64 Å².